The molecule has 1 atom stereocenters. The molecule has 0 radical (unpaired) electrons. The third-order valence-electron chi connectivity index (χ3n) is 6.33. The highest BCUT2D eigenvalue weighted by molar-refractivity contribution is 5.27. The van der Waals surface area contributed by atoms with Gasteiger partial charge in [-0.05, 0) is 82.0 Å². The first-order valence-corrected chi connectivity index (χ1v) is 10.9. The van der Waals surface area contributed by atoms with E-state index in [4.69, 9.17) is 10.5 Å². The molecule has 30 heavy (non-hydrogen) atoms. The highest BCUT2D eigenvalue weighted by Crippen LogP contribution is 2.34. The SMILES string of the molecule is NCC1CCN(CC(O)COc2ccc(CN3CCC(C(F)(F)F)CC3)cc2)CC1. The van der Waals surface area contributed by atoms with Crippen molar-refractivity contribution in [2.24, 2.45) is 17.6 Å². The van der Waals surface area contributed by atoms with Crippen molar-refractivity contribution in [3.63, 3.8) is 0 Å². The molecular formula is C22H34F3N3O2. The second kappa shape index (κ2) is 10.8. The largest absolute Gasteiger partial charge is 0.491 e. The minimum absolute atomic E-state index is 0.173. The third-order valence-corrected chi connectivity index (χ3v) is 6.33. The summed E-state index contributed by atoms with van der Waals surface area (Å²) in [4.78, 5) is 4.32. The molecule has 2 saturated heterocycles. The van der Waals surface area contributed by atoms with E-state index in [0.29, 0.717) is 37.8 Å². The van der Waals surface area contributed by atoms with E-state index in [-0.39, 0.29) is 19.4 Å². The number of hydrogen-bond donors (Lipinski definition) is 2. The summed E-state index contributed by atoms with van der Waals surface area (Å²) < 4.78 is 44.0. The average molecular weight is 430 g/mol. The number of alkyl halides is 3. The van der Waals surface area contributed by atoms with Crippen molar-refractivity contribution in [2.45, 2.75) is 44.5 Å². The Kier molecular flexibility index (Phi) is 8.39. The Hall–Kier alpha value is -1.35. The van der Waals surface area contributed by atoms with Gasteiger partial charge in [0.2, 0.25) is 0 Å². The van der Waals surface area contributed by atoms with Gasteiger partial charge in [-0.15, -0.1) is 0 Å². The number of nitrogens with zero attached hydrogens (tertiary/aromatic N) is 2. The van der Waals surface area contributed by atoms with Crippen LogP contribution in [-0.2, 0) is 6.54 Å². The van der Waals surface area contributed by atoms with Crippen LogP contribution in [0.25, 0.3) is 0 Å². The maximum atomic E-state index is 12.8. The Bertz CT molecular complexity index is 626. The van der Waals surface area contributed by atoms with E-state index in [1.807, 2.05) is 24.3 Å². The van der Waals surface area contributed by atoms with Crippen molar-refractivity contribution in [1.82, 2.24) is 9.80 Å². The first-order valence-electron chi connectivity index (χ1n) is 10.9. The fourth-order valence-electron chi connectivity index (χ4n) is 4.32. The fourth-order valence-corrected chi connectivity index (χ4v) is 4.32. The molecule has 0 amide bonds. The first-order chi connectivity index (χ1) is 14.3. The molecule has 0 spiro atoms. The van der Waals surface area contributed by atoms with Crippen LogP contribution in [0.5, 0.6) is 5.75 Å². The van der Waals surface area contributed by atoms with E-state index in [1.165, 1.54) is 0 Å². The van der Waals surface area contributed by atoms with Crippen molar-refractivity contribution in [1.29, 1.82) is 0 Å². The maximum Gasteiger partial charge on any atom is 0.391 e. The van der Waals surface area contributed by atoms with Gasteiger partial charge in [0, 0.05) is 13.1 Å². The molecule has 2 aliphatic heterocycles. The smallest absolute Gasteiger partial charge is 0.391 e. The van der Waals surface area contributed by atoms with Gasteiger partial charge in [-0.2, -0.15) is 13.2 Å². The summed E-state index contributed by atoms with van der Waals surface area (Å²) in [6.45, 7) is 5.09. The van der Waals surface area contributed by atoms with E-state index < -0.39 is 18.2 Å². The van der Waals surface area contributed by atoms with Crippen LogP contribution in [0.4, 0.5) is 13.2 Å². The van der Waals surface area contributed by atoms with Crippen LogP contribution in [0.1, 0.15) is 31.2 Å². The van der Waals surface area contributed by atoms with Crippen LogP contribution in [0.3, 0.4) is 0 Å². The number of ether oxygens (including phenoxy) is 1. The highest BCUT2D eigenvalue weighted by Gasteiger charge is 2.40. The number of β-amino-alcohol motifs (C(OH)–C–C–N with tert-alkyl or cyclic N) is 1. The van der Waals surface area contributed by atoms with Gasteiger partial charge < -0.3 is 20.5 Å². The summed E-state index contributed by atoms with van der Waals surface area (Å²) in [6.07, 6.45) is -2.11. The average Bonchev–Trinajstić information content (AvgIpc) is 2.73. The van der Waals surface area contributed by atoms with Gasteiger partial charge >= 0.3 is 6.18 Å². The second-order valence-electron chi connectivity index (χ2n) is 8.68. The molecule has 0 aromatic heterocycles. The van der Waals surface area contributed by atoms with Gasteiger partial charge in [-0.1, -0.05) is 12.1 Å². The van der Waals surface area contributed by atoms with Crippen LogP contribution in [0.15, 0.2) is 24.3 Å². The molecule has 2 heterocycles. The monoisotopic (exact) mass is 429 g/mol. The van der Waals surface area contributed by atoms with Gasteiger partial charge in [0.1, 0.15) is 18.5 Å². The molecule has 0 bridgehead atoms. The summed E-state index contributed by atoms with van der Waals surface area (Å²) in [5.41, 5.74) is 6.77. The molecule has 1 aromatic carbocycles. The zero-order valence-corrected chi connectivity index (χ0v) is 17.5. The molecule has 170 valence electrons. The Labute approximate surface area is 177 Å². The minimum atomic E-state index is -4.07. The van der Waals surface area contributed by atoms with Gasteiger partial charge in [0.25, 0.3) is 0 Å². The molecule has 8 heteroatoms. The lowest BCUT2D eigenvalue weighted by Crippen LogP contribution is -2.41. The molecule has 3 rings (SSSR count). The standard InChI is InChI=1S/C22H34F3N3O2/c23-22(24,25)19-7-11-27(12-8-19)14-18-1-3-21(4-2-18)30-16-20(29)15-28-9-5-17(13-26)6-10-28/h1-4,17,19-20,29H,5-16,26H2. The maximum absolute atomic E-state index is 12.8. The summed E-state index contributed by atoms with van der Waals surface area (Å²) in [7, 11) is 0. The van der Waals surface area contributed by atoms with Crippen LogP contribution < -0.4 is 10.5 Å². The zero-order chi connectivity index (χ0) is 21.6. The third kappa shape index (κ3) is 7.11. The summed E-state index contributed by atoms with van der Waals surface area (Å²) in [5.74, 6) is 0.127. The Balaban J connectivity index is 1.35. The van der Waals surface area contributed by atoms with E-state index in [9.17, 15) is 18.3 Å². The zero-order valence-electron chi connectivity index (χ0n) is 17.5. The number of hydrogen-bond acceptors (Lipinski definition) is 5. The quantitative estimate of drug-likeness (QED) is 0.666. The lowest BCUT2D eigenvalue weighted by Gasteiger charge is -2.33. The Morgan fingerprint density at radius 2 is 1.60 bits per heavy atom. The number of nitrogens with two attached hydrogens (primary N) is 1. The number of halogens is 3. The molecule has 1 unspecified atom stereocenters. The first kappa shape index (κ1) is 23.3. The van der Waals surface area contributed by atoms with Gasteiger partial charge in [-0.3, -0.25) is 4.90 Å². The molecule has 2 aliphatic rings. The van der Waals surface area contributed by atoms with E-state index in [2.05, 4.69) is 9.80 Å². The van der Waals surface area contributed by atoms with Crippen LogP contribution in [-0.4, -0.2) is 73.1 Å². The van der Waals surface area contributed by atoms with Crippen molar-refractivity contribution >= 4 is 0 Å². The molecule has 1 aromatic rings. The van der Waals surface area contributed by atoms with Gasteiger partial charge in [-0.25, -0.2) is 0 Å². The lowest BCUT2D eigenvalue weighted by atomic mass is 9.96. The van der Waals surface area contributed by atoms with Gasteiger partial charge in [0.05, 0.1) is 5.92 Å². The van der Waals surface area contributed by atoms with Crippen molar-refractivity contribution in [3.8, 4) is 5.75 Å². The van der Waals surface area contributed by atoms with E-state index in [1.54, 1.807) is 0 Å². The molecule has 0 saturated carbocycles. The Morgan fingerprint density at radius 1 is 1.00 bits per heavy atom. The predicted molar refractivity (Wildman–Crippen MR) is 110 cm³/mol. The van der Waals surface area contributed by atoms with Crippen LogP contribution >= 0.6 is 0 Å². The van der Waals surface area contributed by atoms with Crippen molar-refractivity contribution in [2.75, 3.05) is 45.9 Å². The topological polar surface area (TPSA) is 62.0 Å². The lowest BCUT2D eigenvalue weighted by molar-refractivity contribution is -0.185. The second-order valence-corrected chi connectivity index (χ2v) is 8.68. The number of aliphatic hydroxyl groups excluding tert-OH is 1. The fraction of sp³-hybridized carbons (Fsp3) is 0.727. The summed E-state index contributed by atoms with van der Waals surface area (Å²) in [5, 5.41) is 10.3. The normalized spacial score (nSPS) is 21.6. The highest BCUT2D eigenvalue weighted by atomic mass is 19.4. The van der Waals surface area contributed by atoms with Crippen molar-refractivity contribution < 1.29 is 23.0 Å². The molecule has 5 nitrogen and oxygen atoms in total. The molecule has 2 fully saturated rings. The van der Waals surface area contributed by atoms with E-state index >= 15 is 0 Å². The summed E-state index contributed by atoms with van der Waals surface area (Å²) >= 11 is 0. The van der Waals surface area contributed by atoms with Crippen LogP contribution in [0.2, 0.25) is 0 Å². The molecule has 3 N–H and O–H groups in total. The number of rotatable bonds is 8. The van der Waals surface area contributed by atoms with Crippen molar-refractivity contribution in [3.05, 3.63) is 29.8 Å². The minimum Gasteiger partial charge on any atom is -0.491 e. The summed E-state index contributed by atoms with van der Waals surface area (Å²) in [6, 6.07) is 7.60. The number of likely N-dealkylation sites (tertiary alicyclic amines) is 2. The molecular weight excluding hydrogens is 395 g/mol. The Morgan fingerprint density at radius 3 is 2.17 bits per heavy atom. The number of aliphatic hydroxyl groups is 1. The van der Waals surface area contributed by atoms with E-state index in [0.717, 1.165) is 38.0 Å². The van der Waals surface area contributed by atoms with Gasteiger partial charge in [0.15, 0.2) is 0 Å². The predicted octanol–water partition coefficient (Wildman–Crippen LogP) is 2.87. The number of benzene rings is 1. The van der Waals surface area contributed by atoms with Crippen LogP contribution in [0, 0.1) is 11.8 Å². The number of piperidine rings is 2. The molecule has 0 aliphatic carbocycles.